The SMILES string of the molecule is CC(C)(Oc1ccc(Cl)cc1)C(=O)Nc1cnc(Oc2ccccc2F)nc1. The maximum absolute atomic E-state index is 13.6. The maximum Gasteiger partial charge on any atom is 0.322 e. The van der Waals surface area contributed by atoms with Crippen molar-refractivity contribution in [1.82, 2.24) is 9.97 Å². The summed E-state index contributed by atoms with van der Waals surface area (Å²) in [5, 5.41) is 3.25. The van der Waals surface area contributed by atoms with Gasteiger partial charge in [-0.05, 0) is 50.2 Å². The minimum absolute atomic E-state index is 0.0109. The fourth-order valence-electron chi connectivity index (χ4n) is 2.18. The Morgan fingerprint density at radius 3 is 2.36 bits per heavy atom. The minimum Gasteiger partial charge on any atom is -0.478 e. The Morgan fingerprint density at radius 2 is 1.71 bits per heavy atom. The Morgan fingerprint density at radius 1 is 1.07 bits per heavy atom. The molecule has 6 nitrogen and oxygen atoms in total. The summed E-state index contributed by atoms with van der Waals surface area (Å²) in [4.78, 5) is 20.5. The average Bonchev–Trinajstić information content (AvgIpc) is 2.67. The van der Waals surface area contributed by atoms with E-state index in [1.807, 2.05) is 0 Å². The number of anilines is 1. The summed E-state index contributed by atoms with van der Waals surface area (Å²) in [6, 6.07) is 12.6. The van der Waals surface area contributed by atoms with E-state index < -0.39 is 17.3 Å². The molecule has 0 saturated carbocycles. The lowest BCUT2D eigenvalue weighted by Crippen LogP contribution is -2.42. The Kier molecular flexibility index (Phi) is 5.75. The Bertz CT molecular complexity index is 963. The van der Waals surface area contributed by atoms with Gasteiger partial charge in [-0.25, -0.2) is 14.4 Å². The summed E-state index contributed by atoms with van der Waals surface area (Å²) >= 11 is 5.85. The lowest BCUT2D eigenvalue weighted by Gasteiger charge is -2.25. The van der Waals surface area contributed by atoms with Crippen molar-refractivity contribution in [3.63, 3.8) is 0 Å². The Hall–Kier alpha value is -3.19. The summed E-state index contributed by atoms with van der Waals surface area (Å²) < 4.78 is 24.6. The van der Waals surface area contributed by atoms with E-state index in [0.29, 0.717) is 16.5 Å². The first-order chi connectivity index (χ1) is 13.3. The monoisotopic (exact) mass is 401 g/mol. The number of benzene rings is 2. The molecule has 0 fully saturated rings. The molecule has 3 rings (SSSR count). The first kappa shape index (κ1) is 19.6. The highest BCUT2D eigenvalue weighted by Crippen LogP contribution is 2.23. The number of nitrogens with zero attached hydrogens (tertiary/aromatic N) is 2. The van der Waals surface area contributed by atoms with E-state index in [1.165, 1.54) is 24.5 Å². The van der Waals surface area contributed by atoms with Crippen molar-refractivity contribution in [1.29, 1.82) is 0 Å². The first-order valence-electron chi connectivity index (χ1n) is 8.34. The second-order valence-corrected chi connectivity index (χ2v) is 6.74. The zero-order valence-electron chi connectivity index (χ0n) is 15.1. The largest absolute Gasteiger partial charge is 0.478 e. The molecule has 144 valence electrons. The highest BCUT2D eigenvalue weighted by atomic mass is 35.5. The highest BCUT2D eigenvalue weighted by Gasteiger charge is 2.30. The van der Waals surface area contributed by atoms with Crippen LogP contribution in [0.25, 0.3) is 0 Å². The van der Waals surface area contributed by atoms with Gasteiger partial charge in [-0.15, -0.1) is 0 Å². The smallest absolute Gasteiger partial charge is 0.322 e. The number of aromatic nitrogens is 2. The molecule has 0 unspecified atom stereocenters. The molecule has 1 amide bonds. The molecule has 1 heterocycles. The number of nitrogens with one attached hydrogen (secondary N) is 1. The number of ether oxygens (including phenoxy) is 2. The van der Waals surface area contributed by atoms with Crippen molar-refractivity contribution in [2.45, 2.75) is 19.4 Å². The molecular weight excluding hydrogens is 385 g/mol. The fraction of sp³-hybridized carbons (Fsp3) is 0.150. The molecule has 8 heteroatoms. The number of rotatable bonds is 6. The van der Waals surface area contributed by atoms with Gasteiger partial charge in [0, 0.05) is 5.02 Å². The number of amides is 1. The predicted molar refractivity (Wildman–Crippen MR) is 103 cm³/mol. The van der Waals surface area contributed by atoms with Gasteiger partial charge in [-0.1, -0.05) is 23.7 Å². The highest BCUT2D eigenvalue weighted by molar-refractivity contribution is 6.30. The molecule has 2 aromatic carbocycles. The predicted octanol–water partition coefficient (Wildman–Crippen LogP) is 4.86. The number of carbonyl (C=O) groups excluding carboxylic acids is 1. The van der Waals surface area contributed by atoms with Crippen LogP contribution >= 0.6 is 11.6 Å². The van der Waals surface area contributed by atoms with Crippen LogP contribution in [0.3, 0.4) is 0 Å². The van der Waals surface area contributed by atoms with Crippen LogP contribution < -0.4 is 14.8 Å². The minimum atomic E-state index is -1.16. The molecule has 0 aliphatic heterocycles. The molecule has 0 aliphatic rings. The van der Waals surface area contributed by atoms with Gasteiger partial charge in [0.2, 0.25) is 0 Å². The number of hydrogen-bond acceptors (Lipinski definition) is 5. The van der Waals surface area contributed by atoms with Gasteiger partial charge in [0.15, 0.2) is 17.2 Å². The first-order valence-corrected chi connectivity index (χ1v) is 8.72. The summed E-state index contributed by atoms with van der Waals surface area (Å²) in [6.45, 7) is 3.26. The van der Waals surface area contributed by atoms with Crippen LogP contribution in [0.4, 0.5) is 10.1 Å². The van der Waals surface area contributed by atoms with Crippen LogP contribution in [0.2, 0.25) is 5.02 Å². The number of hydrogen-bond donors (Lipinski definition) is 1. The van der Waals surface area contributed by atoms with Gasteiger partial charge in [-0.2, -0.15) is 0 Å². The van der Waals surface area contributed by atoms with Crippen LogP contribution in [0.1, 0.15) is 13.8 Å². The van der Waals surface area contributed by atoms with E-state index in [0.717, 1.165) is 0 Å². The third-order valence-corrected chi connectivity index (χ3v) is 3.91. The maximum atomic E-state index is 13.6. The fourth-order valence-corrected chi connectivity index (χ4v) is 2.31. The molecule has 0 radical (unpaired) electrons. The molecule has 1 N–H and O–H groups in total. The molecule has 0 spiro atoms. The van der Waals surface area contributed by atoms with Crippen LogP contribution in [0.5, 0.6) is 17.5 Å². The molecule has 0 saturated heterocycles. The normalized spacial score (nSPS) is 11.0. The molecule has 0 bridgehead atoms. The molecule has 28 heavy (non-hydrogen) atoms. The van der Waals surface area contributed by atoms with Gasteiger partial charge in [0.1, 0.15) is 5.75 Å². The molecule has 1 aromatic heterocycles. The van der Waals surface area contributed by atoms with Crippen LogP contribution in [0.15, 0.2) is 60.9 Å². The second kappa shape index (κ2) is 8.22. The van der Waals surface area contributed by atoms with E-state index >= 15 is 0 Å². The molecule has 3 aromatic rings. The van der Waals surface area contributed by atoms with Crippen LogP contribution in [-0.4, -0.2) is 21.5 Å². The zero-order chi connectivity index (χ0) is 20.1. The number of carbonyl (C=O) groups is 1. The van der Waals surface area contributed by atoms with E-state index in [1.54, 1.807) is 50.2 Å². The van der Waals surface area contributed by atoms with Crippen molar-refractivity contribution in [3.8, 4) is 17.5 Å². The van der Waals surface area contributed by atoms with Crippen molar-refractivity contribution in [2.75, 3.05) is 5.32 Å². The van der Waals surface area contributed by atoms with Gasteiger partial charge in [0.25, 0.3) is 5.91 Å². The summed E-state index contributed by atoms with van der Waals surface area (Å²) in [6.07, 6.45) is 2.72. The van der Waals surface area contributed by atoms with Crippen molar-refractivity contribution in [2.24, 2.45) is 0 Å². The summed E-state index contributed by atoms with van der Waals surface area (Å²) in [5.41, 5.74) is -0.811. The van der Waals surface area contributed by atoms with E-state index in [9.17, 15) is 9.18 Å². The molecule has 0 atom stereocenters. The van der Waals surface area contributed by atoms with Crippen LogP contribution in [-0.2, 0) is 4.79 Å². The van der Waals surface area contributed by atoms with Gasteiger partial charge in [0.05, 0.1) is 18.1 Å². The topological polar surface area (TPSA) is 73.3 Å². The third-order valence-electron chi connectivity index (χ3n) is 3.66. The zero-order valence-corrected chi connectivity index (χ0v) is 15.9. The summed E-state index contributed by atoms with van der Waals surface area (Å²) in [7, 11) is 0. The number of halogens is 2. The van der Waals surface area contributed by atoms with E-state index in [4.69, 9.17) is 21.1 Å². The van der Waals surface area contributed by atoms with Gasteiger partial charge in [-0.3, -0.25) is 4.79 Å². The summed E-state index contributed by atoms with van der Waals surface area (Å²) in [5.74, 6) is -0.399. The lowest BCUT2D eigenvalue weighted by atomic mass is 10.1. The van der Waals surface area contributed by atoms with Crippen molar-refractivity contribution >= 4 is 23.2 Å². The molecular formula is C20H17ClFN3O3. The van der Waals surface area contributed by atoms with Crippen molar-refractivity contribution < 1.29 is 18.7 Å². The van der Waals surface area contributed by atoms with E-state index in [2.05, 4.69) is 15.3 Å². The standard InChI is InChI=1S/C20H17ClFN3O3/c1-20(2,28-15-9-7-13(21)8-10-15)18(26)25-14-11-23-19(24-12-14)27-17-6-4-3-5-16(17)22/h3-12H,1-2H3,(H,25,26). The third kappa shape index (κ3) is 4.95. The Labute approximate surface area is 166 Å². The van der Waals surface area contributed by atoms with E-state index in [-0.39, 0.29) is 11.8 Å². The average molecular weight is 402 g/mol. The van der Waals surface area contributed by atoms with Gasteiger partial charge >= 0.3 is 6.01 Å². The van der Waals surface area contributed by atoms with Gasteiger partial charge < -0.3 is 14.8 Å². The van der Waals surface area contributed by atoms with Crippen molar-refractivity contribution in [3.05, 3.63) is 71.8 Å². The molecule has 0 aliphatic carbocycles. The second-order valence-electron chi connectivity index (χ2n) is 6.31. The lowest BCUT2D eigenvalue weighted by molar-refractivity contribution is -0.128. The quantitative estimate of drug-likeness (QED) is 0.638. The Balaban J connectivity index is 1.63. The van der Waals surface area contributed by atoms with Crippen LogP contribution in [0, 0.1) is 5.82 Å². The number of para-hydroxylation sites is 1.